The first-order valence-electron chi connectivity index (χ1n) is 7.88. The molecular weight excluding hydrogens is 306 g/mol. The van der Waals surface area contributed by atoms with Crippen LogP contribution in [-0.4, -0.2) is 33.3 Å². The summed E-state index contributed by atoms with van der Waals surface area (Å²) in [6.07, 6.45) is 1.77. The second kappa shape index (κ2) is 9.45. The van der Waals surface area contributed by atoms with Gasteiger partial charge in [0, 0.05) is 6.54 Å². The number of carbonyl (C=O) groups excluding carboxylic acids is 1. The molecule has 0 aromatic heterocycles. The van der Waals surface area contributed by atoms with E-state index in [1.165, 1.54) is 5.56 Å². The van der Waals surface area contributed by atoms with E-state index in [0.29, 0.717) is 18.0 Å². The lowest BCUT2D eigenvalue weighted by molar-refractivity contribution is -0.123. The van der Waals surface area contributed by atoms with Gasteiger partial charge >= 0.3 is 0 Å². The second-order valence-electron chi connectivity index (χ2n) is 5.24. The van der Waals surface area contributed by atoms with Crippen molar-refractivity contribution in [3.8, 4) is 17.2 Å². The molecule has 1 N–H and O–H groups in total. The number of rotatable bonds is 9. The SMILES string of the molecule is COc1ccc(CCCNC(=O)COc2ccccc2OC)cc1. The molecule has 0 unspecified atom stereocenters. The summed E-state index contributed by atoms with van der Waals surface area (Å²) in [5, 5.41) is 2.85. The topological polar surface area (TPSA) is 56.8 Å². The second-order valence-corrected chi connectivity index (χ2v) is 5.24. The van der Waals surface area contributed by atoms with Crippen molar-refractivity contribution in [2.75, 3.05) is 27.4 Å². The zero-order valence-corrected chi connectivity index (χ0v) is 14.1. The van der Waals surface area contributed by atoms with Crippen molar-refractivity contribution in [2.45, 2.75) is 12.8 Å². The lowest BCUT2D eigenvalue weighted by Gasteiger charge is -2.10. The van der Waals surface area contributed by atoms with Gasteiger partial charge in [0.2, 0.25) is 0 Å². The van der Waals surface area contributed by atoms with E-state index >= 15 is 0 Å². The van der Waals surface area contributed by atoms with E-state index in [9.17, 15) is 4.79 Å². The lowest BCUT2D eigenvalue weighted by atomic mass is 10.1. The first-order valence-corrected chi connectivity index (χ1v) is 7.88. The maximum absolute atomic E-state index is 11.8. The lowest BCUT2D eigenvalue weighted by Crippen LogP contribution is -2.30. The van der Waals surface area contributed by atoms with E-state index in [1.807, 2.05) is 36.4 Å². The number of benzene rings is 2. The van der Waals surface area contributed by atoms with E-state index in [4.69, 9.17) is 14.2 Å². The molecule has 0 saturated carbocycles. The van der Waals surface area contributed by atoms with Crippen LogP contribution in [0.1, 0.15) is 12.0 Å². The molecule has 0 radical (unpaired) electrons. The molecule has 0 spiro atoms. The standard InChI is InChI=1S/C19H23NO4/c1-22-16-11-9-15(10-12-16)6-5-13-20-19(21)14-24-18-8-4-3-7-17(18)23-2/h3-4,7-12H,5-6,13-14H2,1-2H3,(H,20,21). The van der Waals surface area contributed by atoms with E-state index in [-0.39, 0.29) is 12.5 Å². The maximum atomic E-state index is 11.8. The largest absolute Gasteiger partial charge is 0.497 e. The highest BCUT2D eigenvalue weighted by molar-refractivity contribution is 5.77. The van der Waals surface area contributed by atoms with Crippen molar-refractivity contribution in [1.82, 2.24) is 5.32 Å². The number of hydrogen-bond donors (Lipinski definition) is 1. The van der Waals surface area contributed by atoms with Crippen molar-refractivity contribution in [3.63, 3.8) is 0 Å². The molecule has 1 amide bonds. The fourth-order valence-electron chi connectivity index (χ4n) is 2.24. The number of para-hydroxylation sites is 2. The Labute approximate surface area is 142 Å². The van der Waals surface area contributed by atoms with Crippen molar-refractivity contribution >= 4 is 5.91 Å². The minimum absolute atomic E-state index is 0.0249. The van der Waals surface area contributed by atoms with Crippen molar-refractivity contribution in [3.05, 3.63) is 54.1 Å². The van der Waals surface area contributed by atoms with Gasteiger partial charge in [-0.05, 0) is 42.7 Å². The van der Waals surface area contributed by atoms with Crippen molar-refractivity contribution in [2.24, 2.45) is 0 Å². The van der Waals surface area contributed by atoms with Crippen LogP contribution in [0.2, 0.25) is 0 Å². The Morgan fingerprint density at radius 2 is 1.67 bits per heavy atom. The van der Waals surface area contributed by atoms with E-state index in [1.54, 1.807) is 26.4 Å². The molecule has 2 aromatic carbocycles. The summed E-state index contributed by atoms with van der Waals surface area (Å²) in [5.74, 6) is 1.88. The third kappa shape index (κ3) is 5.50. The quantitative estimate of drug-likeness (QED) is 0.719. The van der Waals surface area contributed by atoms with E-state index in [0.717, 1.165) is 18.6 Å². The predicted octanol–water partition coefficient (Wildman–Crippen LogP) is 2.83. The molecule has 0 aliphatic carbocycles. The van der Waals surface area contributed by atoms with Crippen LogP contribution < -0.4 is 19.5 Å². The Hall–Kier alpha value is -2.69. The Balaban J connectivity index is 1.66. The van der Waals surface area contributed by atoms with Gasteiger partial charge in [0.1, 0.15) is 5.75 Å². The fraction of sp³-hybridized carbons (Fsp3) is 0.316. The minimum atomic E-state index is -0.143. The zero-order valence-electron chi connectivity index (χ0n) is 14.1. The predicted molar refractivity (Wildman–Crippen MR) is 92.8 cm³/mol. The minimum Gasteiger partial charge on any atom is -0.497 e. The first kappa shape index (κ1) is 17.7. The van der Waals surface area contributed by atoms with Gasteiger partial charge in [0.25, 0.3) is 5.91 Å². The van der Waals surface area contributed by atoms with Crippen LogP contribution in [0.4, 0.5) is 0 Å². The molecular formula is C19H23NO4. The van der Waals surface area contributed by atoms with E-state index in [2.05, 4.69) is 5.32 Å². The highest BCUT2D eigenvalue weighted by Crippen LogP contribution is 2.25. The Morgan fingerprint density at radius 3 is 2.33 bits per heavy atom. The van der Waals surface area contributed by atoms with Crippen molar-refractivity contribution in [1.29, 1.82) is 0 Å². The van der Waals surface area contributed by atoms with Crippen LogP contribution in [0.25, 0.3) is 0 Å². The summed E-state index contributed by atoms with van der Waals surface area (Å²) in [6.45, 7) is 0.586. The van der Waals surface area contributed by atoms with Gasteiger partial charge in [-0.15, -0.1) is 0 Å². The van der Waals surface area contributed by atoms with Gasteiger partial charge in [0.15, 0.2) is 18.1 Å². The number of amides is 1. The molecule has 0 saturated heterocycles. The van der Waals surface area contributed by atoms with Gasteiger partial charge in [-0.2, -0.15) is 0 Å². The molecule has 0 atom stereocenters. The Bertz CT molecular complexity index is 640. The van der Waals surface area contributed by atoms with Crippen LogP contribution in [0.5, 0.6) is 17.2 Å². The first-order chi connectivity index (χ1) is 11.7. The summed E-state index contributed by atoms with van der Waals surface area (Å²) >= 11 is 0. The Morgan fingerprint density at radius 1 is 0.958 bits per heavy atom. The number of aryl methyl sites for hydroxylation is 1. The van der Waals surface area contributed by atoms with E-state index < -0.39 is 0 Å². The molecule has 2 aromatic rings. The monoisotopic (exact) mass is 329 g/mol. The average Bonchev–Trinajstić information content (AvgIpc) is 2.64. The van der Waals surface area contributed by atoms with Crippen LogP contribution >= 0.6 is 0 Å². The van der Waals surface area contributed by atoms with Gasteiger partial charge in [0.05, 0.1) is 14.2 Å². The number of nitrogens with one attached hydrogen (secondary N) is 1. The molecule has 2 rings (SSSR count). The summed E-state index contributed by atoms with van der Waals surface area (Å²) in [4.78, 5) is 11.8. The molecule has 5 heteroatoms. The third-order valence-corrected chi connectivity index (χ3v) is 3.55. The zero-order chi connectivity index (χ0) is 17.2. The van der Waals surface area contributed by atoms with Crippen LogP contribution in [-0.2, 0) is 11.2 Å². The summed E-state index contributed by atoms with van der Waals surface area (Å²) < 4.78 is 15.8. The number of carbonyl (C=O) groups is 1. The summed E-state index contributed by atoms with van der Waals surface area (Å²) in [7, 11) is 3.22. The fourth-order valence-corrected chi connectivity index (χ4v) is 2.24. The van der Waals surface area contributed by atoms with Crippen molar-refractivity contribution < 1.29 is 19.0 Å². The van der Waals surface area contributed by atoms with Crippen LogP contribution in [0.15, 0.2) is 48.5 Å². The Kier molecular flexibility index (Phi) is 6.95. The number of ether oxygens (including phenoxy) is 3. The molecule has 0 aliphatic heterocycles. The average molecular weight is 329 g/mol. The van der Waals surface area contributed by atoms with Gasteiger partial charge < -0.3 is 19.5 Å². The van der Waals surface area contributed by atoms with Crippen LogP contribution in [0, 0.1) is 0 Å². The van der Waals surface area contributed by atoms with Gasteiger partial charge in [-0.25, -0.2) is 0 Å². The molecule has 128 valence electrons. The highest BCUT2D eigenvalue weighted by Gasteiger charge is 2.06. The normalized spacial score (nSPS) is 10.1. The smallest absolute Gasteiger partial charge is 0.257 e. The van der Waals surface area contributed by atoms with Gasteiger partial charge in [-0.1, -0.05) is 24.3 Å². The summed E-state index contributed by atoms with van der Waals surface area (Å²) in [5.41, 5.74) is 1.22. The van der Waals surface area contributed by atoms with Gasteiger partial charge in [-0.3, -0.25) is 4.79 Å². The maximum Gasteiger partial charge on any atom is 0.257 e. The molecule has 24 heavy (non-hydrogen) atoms. The highest BCUT2D eigenvalue weighted by atomic mass is 16.5. The summed E-state index contributed by atoms with van der Waals surface area (Å²) in [6, 6.07) is 15.2. The molecule has 5 nitrogen and oxygen atoms in total. The molecule has 0 bridgehead atoms. The third-order valence-electron chi connectivity index (χ3n) is 3.55. The molecule has 0 aliphatic rings. The number of hydrogen-bond acceptors (Lipinski definition) is 4. The molecule has 0 heterocycles. The number of methoxy groups -OCH3 is 2. The van der Waals surface area contributed by atoms with Crippen LogP contribution in [0.3, 0.4) is 0 Å². The molecule has 0 fully saturated rings.